The van der Waals surface area contributed by atoms with Crippen LogP contribution in [0.4, 0.5) is 0 Å². The van der Waals surface area contributed by atoms with Gasteiger partial charge in [0, 0.05) is 21.5 Å². The number of aryl methyl sites for hydroxylation is 1. The molecule has 0 bridgehead atoms. The second kappa shape index (κ2) is 6.29. The highest BCUT2D eigenvalue weighted by atomic mass is 32.2. The average molecular weight is 298 g/mol. The Hall–Kier alpha value is -0.520. The summed E-state index contributed by atoms with van der Waals surface area (Å²) in [6.45, 7) is 7.16. The summed E-state index contributed by atoms with van der Waals surface area (Å²) in [5.41, 5.74) is 0. The summed E-state index contributed by atoms with van der Waals surface area (Å²) >= 11 is 3.58. The Bertz CT molecular complexity index is 446. The van der Waals surface area contributed by atoms with Crippen LogP contribution < -0.4 is 5.32 Å². The van der Waals surface area contributed by atoms with E-state index in [0.29, 0.717) is 5.25 Å². The van der Waals surface area contributed by atoms with Gasteiger partial charge in [0.25, 0.3) is 0 Å². The Kier molecular flexibility index (Phi) is 4.92. The lowest BCUT2D eigenvalue weighted by Crippen LogP contribution is -2.35. The molecule has 106 valence electrons. The topological polar surface area (TPSA) is 32.3 Å². The van der Waals surface area contributed by atoms with E-state index in [4.69, 9.17) is 0 Å². The van der Waals surface area contributed by atoms with Gasteiger partial charge in [-0.1, -0.05) is 13.8 Å². The lowest BCUT2D eigenvalue weighted by atomic mass is 10.2. The highest BCUT2D eigenvalue weighted by Gasteiger charge is 2.39. The SMILES string of the molecule is CCC1NC(c2ccc(C)s2)N(CC(C)SC)C1=O. The molecule has 3 nitrogen and oxygen atoms in total. The molecule has 1 aliphatic heterocycles. The first-order valence-electron chi connectivity index (χ1n) is 6.72. The van der Waals surface area contributed by atoms with Gasteiger partial charge in [0.2, 0.25) is 5.91 Å². The summed E-state index contributed by atoms with van der Waals surface area (Å²) < 4.78 is 0. The Morgan fingerprint density at radius 3 is 2.79 bits per heavy atom. The Balaban J connectivity index is 2.21. The first-order chi connectivity index (χ1) is 9.06. The van der Waals surface area contributed by atoms with Crippen LogP contribution in [0.1, 0.15) is 36.2 Å². The van der Waals surface area contributed by atoms with E-state index in [2.05, 4.69) is 44.5 Å². The highest BCUT2D eigenvalue weighted by molar-refractivity contribution is 7.99. The van der Waals surface area contributed by atoms with Crippen molar-refractivity contribution in [2.45, 2.75) is 44.6 Å². The average Bonchev–Trinajstić information content (AvgIpc) is 2.95. The van der Waals surface area contributed by atoms with Crippen LogP contribution in [0.5, 0.6) is 0 Å². The summed E-state index contributed by atoms with van der Waals surface area (Å²) in [4.78, 5) is 17.0. The standard InChI is InChI=1S/C14H22N2OS2/c1-5-11-14(17)16(8-10(3)18-4)13(15-11)12-7-6-9(2)19-12/h6-7,10-11,13,15H,5,8H2,1-4H3. The summed E-state index contributed by atoms with van der Waals surface area (Å²) in [5.74, 6) is 0.249. The zero-order valence-electron chi connectivity index (χ0n) is 12.0. The van der Waals surface area contributed by atoms with Gasteiger partial charge in [0.05, 0.1) is 6.04 Å². The van der Waals surface area contributed by atoms with E-state index in [1.165, 1.54) is 9.75 Å². The van der Waals surface area contributed by atoms with Crippen LogP contribution in [0, 0.1) is 6.92 Å². The van der Waals surface area contributed by atoms with Crippen molar-refractivity contribution in [3.8, 4) is 0 Å². The molecule has 0 aliphatic carbocycles. The molecule has 0 radical (unpaired) electrons. The number of amides is 1. The Labute approximate surface area is 123 Å². The summed E-state index contributed by atoms with van der Waals surface area (Å²) in [6.07, 6.45) is 3.01. The van der Waals surface area contributed by atoms with Crippen molar-refractivity contribution in [3.63, 3.8) is 0 Å². The Morgan fingerprint density at radius 1 is 1.53 bits per heavy atom. The van der Waals surface area contributed by atoms with Crippen molar-refractivity contribution in [1.82, 2.24) is 10.2 Å². The van der Waals surface area contributed by atoms with E-state index in [0.717, 1.165) is 13.0 Å². The maximum atomic E-state index is 12.4. The fourth-order valence-corrected chi connectivity index (χ4v) is 3.62. The van der Waals surface area contributed by atoms with Gasteiger partial charge in [-0.2, -0.15) is 11.8 Å². The van der Waals surface area contributed by atoms with Gasteiger partial charge in [-0.3, -0.25) is 10.1 Å². The molecule has 2 heterocycles. The normalized spacial score (nSPS) is 25.1. The molecule has 5 heteroatoms. The maximum Gasteiger partial charge on any atom is 0.241 e. The lowest BCUT2D eigenvalue weighted by molar-refractivity contribution is -0.130. The molecule has 1 fully saturated rings. The predicted octanol–water partition coefficient (Wildman–Crippen LogP) is 3.02. The van der Waals surface area contributed by atoms with E-state index in [1.54, 1.807) is 23.1 Å². The second-order valence-corrected chi connectivity index (χ2v) is 7.61. The minimum Gasteiger partial charge on any atom is -0.320 e. The van der Waals surface area contributed by atoms with Crippen LogP contribution in [0.15, 0.2) is 12.1 Å². The van der Waals surface area contributed by atoms with Crippen molar-refractivity contribution in [3.05, 3.63) is 21.9 Å². The quantitative estimate of drug-likeness (QED) is 0.907. The van der Waals surface area contributed by atoms with Crippen LogP contribution in [0.3, 0.4) is 0 Å². The highest BCUT2D eigenvalue weighted by Crippen LogP contribution is 2.31. The maximum absolute atomic E-state index is 12.4. The van der Waals surface area contributed by atoms with Crippen LogP contribution in [-0.2, 0) is 4.79 Å². The smallest absolute Gasteiger partial charge is 0.241 e. The number of hydrogen-bond donors (Lipinski definition) is 1. The van der Waals surface area contributed by atoms with Crippen molar-refractivity contribution in [1.29, 1.82) is 0 Å². The monoisotopic (exact) mass is 298 g/mol. The molecule has 3 atom stereocenters. The van der Waals surface area contributed by atoms with Gasteiger partial charge in [0.15, 0.2) is 0 Å². The molecule has 1 aromatic heterocycles. The first kappa shape index (κ1) is 14.9. The number of carbonyl (C=O) groups is 1. The summed E-state index contributed by atoms with van der Waals surface area (Å²) in [5, 5.41) is 3.94. The largest absolute Gasteiger partial charge is 0.320 e. The summed E-state index contributed by atoms with van der Waals surface area (Å²) in [7, 11) is 0. The fraction of sp³-hybridized carbons (Fsp3) is 0.643. The molecule has 1 saturated heterocycles. The molecule has 0 spiro atoms. The molecule has 3 unspecified atom stereocenters. The Morgan fingerprint density at radius 2 is 2.26 bits per heavy atom. The number of hydrogen-bond acceptors (Lipinski definition) is 4. The van der Waals surface area contributed by atoms with E-state index in [1.807, 2.05) is 4.90 Å². The molecule has 0 aromatic carbocycles. The van der Waals surface area contributed by atoms with E-state index in [9.17, 15) is 4.79 Å². The van der Waals surface area contributed by atoms with Gasteiger partial charge >= 0.3 is 0 Å². The molecule has 1 amide bonds. The lowest BCUT2D eigenvalue weighted by Gasteiger charge is -2.25. The zero-order valence-corrected chi connectivity index (χ0v) is 13.6. The third kappa shape index (κ3) is 3.15. The van der Waals surface area contributed by atoms with E-state index in [-0.39, 0.29) is 18.1 Å². The van der Waals surface area contributed by atoms with Gasteiger partial charge in [-0.05, 0) is 31.7 Å². The molecule has 19 heavy (non-hydrogen) atoms. The van der Waals surface area contributed by atoms with Crippen molar-refractivity contribution in [2.75, 3.05) is 12.8 Å². The third-order valence-electron chi connectivity index (χ3n) is 3.55. The summed E-state index contributed by atoms with van der Waals surface area (Å²) in [6, 6.07) is 4.24. The van der Waals surface area contributed by atoms with Crippen molar-refractivity contribution in [2.24, 2.45) is 0 Å². The van der Waals surface area contributed by atoms with Crippen LogP contribution in [-0.4, -0.2) is 34.9 Å². The second-order valence-electron chi connectivity index (χ2n) is 5.02. The van der Waals surface area contributed by atoms with Gasteiger partial charge in [0.1, 0.15) is 6.17 Å². The predicted molar refractivity (Wildman–Crippen MR) is 83.7 cm³/mol. The van der Waals surface area contributed by atoms with Gasteiger partial charge < -0.3 is 4.90 Å². The zero-order chi connectivity index (χ0) is 14.0. The number of thiophene rings is 1. The van der Waals surface area contributed by atoms with E-state index < -0.39 is 0 Å². The molecule has 1 N–H and O–H groups in total. The molecule has 1 aliphatic rings. The fourth-order valence-electron chi connectivity index (χ4n) is 2.35. The van der Waals surface area contributed by atoms with E-state index >= 15 is 0 Å². The molecule has 1 aromatic rings. The van der Waals surface area contributed by atoms with Crippen LogP contribution in [0.2, 0.25) is 0 Å². The first-order valence-corrected chi connectivity index (χ1v) is 8.83. The number of nitrogens with one attached hydrogen (secondary N) is 1. The van der Waals surface area contributed by atoms with Crippen LogP contribution in [0.25, 0.3) is 0 Å². The minimum absolute atomic E-state index is 0.0264. The number of nitrogens with zero attached hydrogens (tertiary/aromatic N) is 1. The molecule has 0 saturated carbocycles. The van der Waals surface area contributed by atoms with Crippen LogP contribution >= 0.6 is 23.1 Å². The number of thioether (sulfide) groups is 1. The van der Waals surface area contributed by atoms with Gasteiger partial charge in [-0.25, -0.2) is 0 Å². The minimum atomic E-state index is -0.0264. The third-order valence-corrected chi connectivity index (χ3v) is 5.55. The van der Waals surface area contributed by atoms with Crippen molar-refractivity contribution >= 4 is 29.0 Å². The van der Waals surface area contributed by atoms with Crippen molar-refractivity contribution < 1.29 is 4.79 Å². The molecule has 2 rings (SSSR count). The molecular weight excluding hydrogens is 276 g/mol. The molecular formula is C14H22N2OS2. The van der Waals surface area contributed by atoms with Gasteiger partial charge in [-0.15, -0.1) is 11.3 Å². The number of rotatable bonds is 5. The number of carbonyl (C=O) groups excluding carboxylic acids is 1.